The Hall–Kier alpha value is -2.53. The van der Waals surface area contributed by atoms with Crippen molar-refractivity contribution >= 4 is 63.2 Å². The third kappa shape index (κ3) is 6.91. The highest BCUT2D eigenvalue weighted by atomic mass is 127. The Morgan fingerprint density at radius 2 is 1.89 bits per heavy atom. The quantitative estimate of drug-likeness (QED) is 0.169. The molecule has 0 radical (unpaired) electrons. The second-order valence-corrected chi connectivity index (χ2v) is 11.4. The fraction of sp³-hybridized carbons (Fsp3) is 0.414. The number of ether oxygens (including phenoxy) is 3. The lowest BCUT2D eigenvalue weighted by Crippen LogP contribution is -2.44. The molecular formula is C29H33IN2O5S. The van der Waals surface area contributed by atoms with Gasteiger partial charge in [0.2, 0.25) is 0 Å². The molecule has 202 valence electrons. The van der Waals surface area contributed by atoms with E-state index in [-0.39, 0.29) is 18.6 Å². The third-order valence-corrected chi connectivity index (χ3v) is 8.27. The molecule has 1 heterocycles. The Labute approximate surface area is 242 Å². The summed E-state index contributed by atoms with van der Waals surface area (Å²) < 4.78 is 17.3. The highest BCUT2D eigenvalue weighted by molar-refractivity contribution is 14.1. The smallest absolute Gasteiger partial charge is 0.344 e. The van der Waals surface area contributed by atoms with Crippen molar-refractivity contribution in [1.29, 1.82) is 0 Å². The number of esters is 1. The number of hydrogen-bond acceptors (Lipinski definition) is 7. The molecule has 2 aromatic rings. The summed E-state index contributed by atoms with van der Waals surface area (Å²) in [7, 11) is 0. The van der Waals surface area contributed by atoms with Crippen LogP contribution in [0.2, 0.25) is 0 Å². The summed E-state index contributed by atoms with van der Waals surface area (Å²) in [6.45, 7) is 6.40. The van der Waals surface area contributed by atoms with E-state index in [0.29, 0.717) is 35.5 Å². The molecule has 1 amide bonds. The van der Waals surface area contributed by atoms with E-state index < -0.39 is 5.97 Å². The lowest BCUT2D eigenvalue weighted by molar-refractivity contribution is -0.145. The van der Waals surface area contributed by atoms with E-state index in [9.17, 15) is 9.59 Å². The van der Waals surface area contributed by atoms with Crippen molar-refractivity contribution in [2.24, 2.45) is 10.9 Å². The number of hydrogen-bond donors (Lipinski definition) is 0. The van der Waals surface area contributed by atoms with Crippen LogP contribution < -0.4 is 9.47 Å². The van der Waals surface area contributed by atoms with Crippen LogP contribution in [0.1, 0.15) is 52.0 Å². The predicted octanol–water partition coefficient (Wildman–Crippen LogP) is 6.81. The largest absolute Gasteiger partial charge is 0.490 e. The van der Waals surface area contributed by atoms with Crippen LogP contribution in [-0.2, 0) is 14.3 Å². The van der Waals surface area contributed by atoms with Crippen LogP contribution in [0.25, 0.3) is 6.08 Å². The van der Waals surface area contributed by atoms with Gasteiger partial charge in [0, 0.05) is 6.04 Å². The van der Waals surface area contributed by atoms with Crippen LogP contribution in [0.3, 0.4) is 0 Å². The molecule has 4 rings (SSSR count). The Bertz CT molecular complexity index is 1220. The number of carbonyl (C=O) groups excluding carboxylic acids is 2. The van der Waals surface area contributed by atoms with Gasteiger partial charge in [-0.05, 0) is 103 Å². The molecule has 7 nitrogen and oxygen atoms in total. The van der Waals surface area contributed by atoms with Gasteiger partial charge in [0.05, 0.1) is 27.4 Å². The molecule has 2 aliphatic rings. The molecule has 2 fully saturated rings. The average Bonchev–Trinajstić information content (AvgIpc) is 3.18. The summed E-state index contributed by atoms with van der Waals surface area (Å²) in [5.74, 6) is 0.958. The zero-order valence-corrected chi connectivity index (χ0v) is 24.9. The van der Waals surface area contributed by atoms with E-state index >= 15 is 0 Å². The fourth-order valence-electron chi connectivity index (χ4n) is 4.71. The molecule has 1 aliphatic heterocycles. The number of rotatable bonds is 9. The number of thioether (sulfide) groups is 1. The fourth-order valence-corrected chi connectivity index (χ4v) is 6.54. The first-order valence-electron chi connectivity index (χ1n) is 13.0. The summed E-state index contributed by atoms with van der Waals surface area (Å²) in [4.78, 5) is 33.0. The van der Waals surface area contributed by atoms with Gasteiger partial charge in [-0.1, -0.05) is 38.0 Å². The average molecular weight is 649 g/mol. The number of nitrogens with zero attached hydrogens (tertiary/aromatic N) is 2. The normalized spacial score (nSPS) is 21.7. The molecule has 0 unspecified atom stereocenters. The van der Waals surface area contributed by atoms with Gasteiger partial charge in [-0.3, -0.25) is 9.69 Å². The molecule has 0 spiro atoms. The number of carbonyl (C=O) groups is 2. The van der Waals surface area contributed by atoms with Crippen molar-refractivity contribution in [2.45, 2.75) is 52.5 Å². The van der Waals surface area contributed by atoms with E-state index in [4.69, 9.17) is 19.2 Å². The van der Waals surface area contributed by atoms with E-state index in [1.165, 1.54) is 18.2 Å². The minimum absolute atomic E-state index is 0.0148. The van der Waals surface area contributed by atoms with E-state index in [0.717, 1.165) is 39.3 Å². The number of para-hydroxylation sites is 1. The van der Waals surface area contributed by atoms with Gasteiger partial charge in [-0.2, -0.15) is 0 Å². The summed E-state index contributed by atoms with van der Waals surface area (Å²) in [6, 6.07) is 13.7. The lowest BCUT2D eigenvalue weighted by Gasteiger charge is -2.35. The van der Waals surface area contributed by atoms with Gasteiger partial charge in [0.15, 0.2) is 23.3 Å². The van der Waals surface area contributed by atoms with Gasteiger partial charge >= 0.3 is 5.97 Å². The van der Waals surface area contributed by atoms with Gasteiger partial charge < -0.3 is 14.2 Å². The molecule has 38 heavy (non-hydrogen) atoms. The van der Waals surface area contributed by atoms with Gasteiger partial charge in [0.25, 0.3) is 5.91 Å². The zero-order chi connectivity index (χ0) is 27.1. The number of halogens is 1. The van der Waals surface area contributed by atoms with E-state index in [1.54, 1.807) is 6.92 Å². The van der Waals surface area contributed by atoms with Crippen molar-refractivity contribution in [3.63, 3.8) is 0 Å². The molecular weight excluding hydrogens is 615 g/mol. The summed E-state index contributed by atoms with van der Waals surface area (Å²) in [5.41, 5.74) is 1.64. The molecule has 1 aliphatic carbocycles. The Morgan fingerprint density at radius 1 is 1.13 bits per heavy atom. The second kappa shape index (κ2) is 13.5. The van der Waals surface area contributed by atoms with Gasteiger partial charge in [0.1, 0.15) is 0 Å². The molecule has 2 aromatic carbocycles. The highest BCUT2D eigenvalue weighted by Crippen LogP contribution is 2.41. The SMILES string of the molecule is CCOC(=O)COc1c(I)cc(/C=C2\SC(=Nc3ccccc3)N([C@H]3CCCC[C@H]3C)C2=O)cc1OCC. The number of amides is 1. The maximum atomic E-state index is 13.8. The van der Waals surface area contributed by atoms with Crippen molar-refractivity contribution in [2.75, 3.05) is 19.8 Å². The first-order chi connectivity index (χ1) is 18.4. The van der Waals surface area contributed by atoms with Crippen LogP contribution in [0.15, 0.2) is 52.4 Å². The van der Waals surface area contributed by atoms with Gasteiger partial charge in [-0.25, -0.2) is 9.79 Å². The summed E-state index contributed by atoms with van der Waals surface area (Å²) in [6.07, 6.45) is 6.29. The third-order valence-electron chi connectivity index (χ3n) is 6.48. The van der Waals surface area contributed by atoms with Crippen LogP contribution in [0.5, 0.6) is 11.5 Å². The molecule has 0 bridgehead atoms. The first-order valence-corrected chi connectivity index (χ1v) is 14.9. The highest BCUT2D eigenvalue weighted by Gasteiger charge is 2.41. The van der Waals surface area contributed by atoms with Crippen LogP contribution in [0, 0.1) is 9.49 Å². The van der Waals surface area contributed by atoms with Crippen LogP contribution in [0.4, 0.5) is 5.69 Å². The van der Waals surface area contributed by atoms with Crippen LogP contribution >= 0.6 is 34.4 Å². The molecule has 1 saturated carbocycles. The number of amidine groups is 1. The van der Waals surface area contributed by atoms with Crippen molar-refractivity contribution in [3.05, 3.63) is 56.5 Å². The van der Waals surface area contributed by atoms with Crippen LogP contribution in [-0.4, -0.2) is 47.8 Å². The summed E-state index contributed by atoms with van der Waals surface area (Å²) >= 11 is 3.57. The maximum Gasteiger partial charge on any atom is 0.344 e. The Kier molecular flexibility index (Phi) is 10.1. The van der Waals surface area contributed by atoms with E-state index in [2.05, 4.69) is 29.5 Å². The Balaban J connectivity index is 1.67. The molecule has 9 heteroatoms. The first kappa shape index (κ1) is 28.5. The molecule has 2 atom stereocenters. The predicted molar refractivity (Wildman–Crippen MR) is 160 cm³/mol. The molecule has 0 aromatic heterocycles. The minimum Gasteiger partial charge on any atom is -0.490 e. The maximum absolute atomic E-state index is 13.8. The van der Waals surface area contributed by atoms with Gasteiger partial charge in [-0.15, -0.1) is 0 Å². The monoisotopic (exact) mass is 648 g/mol. The zero-order valence-electron chi connectivity index (χ0n) is 21.9. The van der Waals surface area contributed by atoms with Crippen molar-refractivity contribution < 1.29 is 23.8 Å². The van der Waals surface area contributed by atoms with E-state index in [1.807, 2.05) is 60.4 Å². The number of benzene rings is 2. The Morgan fingerprint density at radius 3 is 2.61 bits per heavy atom. The lowest BCUT2D eigenvalue weighted by atomic mass is 9.85. The summed E-state index contributed by atoms with van der Waals surface area (Å²) in [5, 5.41) is 0.723. The topological polar surface area (TPSA) is 77.4 Å². The standard InChI is InChI=1S/C29H33IN2O5S/c1-4-35-24-16-20(15-22(30)27(24)37-18-26(33)36-5-2)17-25-28(34)32(23-14-10-9-11-19(23)3)29(38-25)31-21-12-7-6-8-13-21/h6-8,12-13,15-17,19,23H,4-5,9-11,14,18H2,1-3H3/b25-17-,31-29?/t19-,23+/m1/s1. The van der Waals surface area contributed by atoms with Crippen molar-refractivity contribution in [1.82, 2.24) is 4.90 Å². The second-order valence-electron chi connectivity index (χ2n) is 9.20. The number of aliphatic imine (C=N–C) groups is 1. The minimum atomic E-state index is -0.438. The molecule has 1 saturated heterocycles. The molecule has 0 N–H and O–H groups in total. The van der Waals surface area contributed by atoms with Crippen molar-refractivity contribution in [3.8, 4) is 11.5 Å².